The molecule has 0 aliphatic carbocycles. The molecule has 1 N–H and O–H groups in total. The monoisotopic (exact) mass is 363 g/mol. The molecule has 126 valence electrons. The lowest BCUT2D eigenvalue weighted by Crippen LogP contribution is -2.29. The van der Waals surface area contributed by atoms with E-state index in [1.807, 2.05) is 25.3 Å². The number of hydrogen-bond acceptors (Lipinski definition) is 4. The zero-order valence-corrected chi connectivity index (χ0v) is 15.2. The SMILES string of the molecule is Cc1ccc(Cl)cc1NC(=O)[C@@H](C)OC(=O)/C=C/c1sccc1C. The molecular weight excluding hydrogens is 346 g/mol. The quantitative estimate of drug-likeness (QED) is 0.623. The number of rotatable bonds is 5. The highest BCUT2D eigenvalue weighted by Gasteiger charge is 2.17. The third-order valence-electron chi connectivity index (χ3n) is 3.39. The van der Waals surface area contributed by atoms with Crippen LogP contribution in [0.15, 0.2) is 35.7 Å². The number of anilines is 1. The van der Waals surface area contributed by atoms with Gasteiger partial charge in [-0.1, -0.05) is 17.7 Å². The van der Waals surface area contributed by atoms with E-state index in [2.05, 4.69) is 5.32 Å². The average molecular weight is 364 g/mol. The van der Waals surface area contributed by atoms with Crippen molar-refractivity contribution in [1.82, 2.24) is 0 Å². The number of carbonyl (C=O) groups is 2. The second kappa shape index (κ2) is 8.13. The molecule has 0 bridgehead atoms. The van der Waals surface area contributed by atoms with Gasteiger partial charge >= 0.3 is 5.97 Å². The van der Waals surface area contributed by atoms with Gasteiger partial charge in [0.15, 0.2) is 6.10 Å². The van der Waals surface area contributed by atoms with Crippen molar-refractivity contribution in [3.05, 3.63) is 56.7 Å². The van der Waals surface area contributed by atoms with Gasteiger partial charge in [-0.25, -0.2) is 4.79 Å². The zero-order chi connectivity index (χ0) is 17.7. The Bertz CT molecular complexity index is 782. The number of benzene rings is 1. The van der Waals surface area contributed by atoms with Gasteiger partial charge in [0.2, 0.25) is 0 Å². The molecule has 6 heteroatoms. The van der Waals surface area contributed by atoms with E-state index in [1.54, 1.807) is 24.3 Å². The Morgan fingerprint density at radius 1 is 1.25 bits per heavy atom. The Morgan fingerprint density at radius 3 is 2.67 bits per heavy atom. The maximum atomic E-state index is 12.1. The summed E-state index contributed by atoms with van der Waals surface area (Å²) in [6.45, 7) is 5.34. The summed E-state index contributed by atoms with van der Waals surface area (Å²) in [6, 6.07) is 7.18. The molecule has 0 saturated carbocycles. The highest BCUT2D eigenvalue weighted by atomic mass is 35.5. The summed E-state index contributed by atoms with van der Waals surface area (Å²) in [6.07, 6.45) is 2.10. The zero-order valence-electron chi connectivity index (χ0n) is 13.6. The van der Waals surface area contributed by atoms with Gasteiger partial charge in [0.25, 0.3) is 5.91 Å². The lowest BCUT2D eigenvalue weighted by Gasteiger charge is -2.14. The molecule has 2 aromatic rings. The third kappa shape index (κ3) is 4.94. The number of carbonyl (C=O) groups excluding carboxylic acids is 2. The van der Waals surface area contributed by atoms with E-state index in [4.69, 9.17) is 16.3 Å². The molecule has 24 heavy (non-hydrogen) atoms. The molecule has 0 radical (unpaired) electrons. The minimum Gasteiger partial charge on any atom is -0.449 e. The van der Waals surface area contributed by atoms with Crippen molar-refractivity contribution in [3.8, 4) is 0 Å². The molecule has 0 fully saturated rings. The van der Waals surface area contributed by atoms with E-state index in [1.165, 1.54) is 24.3 Å². The van der Waals surface area contributed by atoms with Gasteiger partial charge in [0.05, 0.1) is 0 Å². The van der Waals surface area contributed by atoms with Crippen LogP contribution in [0, 0.1) is 13.8 Å². The fourth-order valence-electron chi connectivity index (χ4n) is 1.93. The van der Waals surface area contributed by atoms with E-state index in [0.29, 0.717) is 10.7 Å². The summed E-state index contributed by atoms with van der Waals surface area (Å²) in [7, 11) is 0. The first-order chi connectivity index (χ1) is 11.4. The summed E-state index contributed by atoms with van der Waals surface area (Å²) in [5.41, 5.74) is 2.56. The van der Waals surface area contributed by atoms with Crippen molar-refractivity contribution < 1.29 is 14.3 Å². The minimum atomic E-state index is -0.912. The second-order valence-corrected chi connectivity index (χ2v) is 6.71. The van der Waals surface area contributed by atoms with Crippen molar-refractivity contribution in [1.29, 1.82) is 0 Å². The van der Waals surface area contributed by atoms with E-state index >= 15 is 0 Å². The predicted octanol–water partition coefficient (Wildman–Crippen LogP) is 4.60. The Morgan fingerprint density at radius 2 is 2.00 bits per heavy atom. The van der Waals surface area contributed by atoms with Gasteiger partial charge in [-0.15, -0.1) is 11.3 Å². The lowest BCUT2D eigenvalue weighted by molar-refractivity contribution is -0.148. The maximum Gasteiger partial charge on any atom is 0.331 e. The number of esters is 1. The fourth-order valence-corrected chi connectivity index (χ4v) is 2.92. The number of aryl methyl sites for hydroxylation is 2. The molecule has 1 amide bonds. The van der Waals surface area contributed by atoms with Crippen LogP contribution < -0.4 is 5.32 Å². The summed E-state index contributed by atoms with van der Waals surface area (Å²) in [5.74, 6) is -0.970. The first kappa shape index (κ1) is 18.2. The van der Waals surface area contributed by atoms with E-state index in [-0.39, 0.29) is 0 Å². The van der Waals surface area contributed by atoms with Crippen molar-refractivity contribution in [3.63, 3.8) is 0 Å². The van der Waals surface area contributed by atoms with E-state index < -0.39 is 18.0 Å². The Hall–Kier alpha value is -2.11. The predicted molar refractivity (Wildman–Crippen MR) is 98.5 cm³/mol. The van der Waals surface area contributed by atoms with Crippen LogP contribution in [0.5, 0.6) is 0 Å². The topological polar surface area (TPSA) is 55.4 Å². The van der Waals surface area contributed by atoms with Crippen molar-refractivity contribution in [2.75, 3.05) is 5.32 Å². The number of thiophene rings is 1. The van der Waals surface area contributed by atoms with Crippen LogP contribution >= 0.6 is 22.9 Å². The first-order valence-corrected chi connectivity index (χ1v) is 8.62. The number of nitrogens with one attached hydrogen (secondary N) is 1. The van der Waals surface area contributed by atoms with Crippen LogP contribution in [0.25, 0.3) is 6.08 Å². The normalized spacial score (nSPS) is 12.2. The average Bonchev–Trinajstić information content (AvgIpc) is 2.94. The molecule has 1 heterocycles. The molecule has 0 unspecified atom stereocenters. The lowest BCUT2D eigenvalue weighted by atomic mass is 10.2. The largest absolute Gasteiger partial charge is 0.449 e. The Labute approximate surface area is 150 Å². The molecule has 2 rings (SSSR count). The van der Waals surface area contributed by atoms with Crippen LogP contribution in [0.2, 0.25) is 5.02 Å². The molecule has 1 atom stereocenters. The maximum absolute atomic E-state index is 12.1. The van der Waals surface area contributed by atoms with Crippen molar-refractivity contribution >= 4 is 46.6 Å². The minimum absolute atomic E-state index is 0.408. The van der Waals surface area contributed by atoms with Gasteiger partial charge in [-0.05, 0) is 61.6 Å². The standard InChI is InChI=1S/C18H18ClNO3S/c1-11-4-5-14(19)10-15(11)20-18(22)13(3)23-17(21)7-6-16-12(2)8-9-24-16/h4-10,13H,1-3H3,(H,20,22)/b7-6+/t13-/m1/s1. The van der Waals surface area contributed by atoms with Crippen LogP contribution in [0.1, 0.15) is 22.9 Å². The smallest absolute Gasteiger partial charge is 0.331 e. The van der Waals surface area contributed by atoms with Crippen LogP contribution in [0.3, 0.4) is 0 Å². The third-order valence-corrected chi connectivity index (χ3v) is 4.61. The Kier molecular flexibility index (Phi) is 6.17. The molecule has 4 nitrogen and oxygen atoms in total. The van der Waals surface area contributed by atoms with Crippen LogP contribution in [-0.4, -0.2) is 18.0 Å². The van der Waals surface area contributed by atoms with Gasteiger partial charge < -0.3 is 10.1 Å². The summed E-state index contributed by atoms with van der Waals surface area (Å²) >= 11 is 7.46. The van der Waals surface area contributed by atoms with E-state index in [9.17, 15) is 9.59 Å². The van der Waals surface area contributed by atoms with Crippen molar-refractivity contribution in [2.24, 2.45) is 0 Å². The highest BCUT2D eigenvalue weighted by molar-refractivity contribution is 7.11. The fraction of sp³-hybridized carbons (Fsp3) is 0.222. The van der Waals surface area contributed by atoms with Gasteiger partial charge in [-0.2, -0.15) is 0 Å². The summed E-state index contributed by atoms with van der Waals surface area (Å²) in [4.78, 5) is 25.0. The van der Waals surface area contributed by atoms with Crippen LogP contribution in [-0.2, 0) is 14.3 Å². The number of halogens is 1. The van der Waals surface area contributed by atoms with E-state index in [0.717, 1.165) is 16.0 Å². The first-order valence-electron chi connectivity index (χ1n) is 7.36. The Balaban J connectivity index is 1.93. The summed E-state index contributed by atoms with van der Waals surface area (Å²) in [5, 5.41) is 5.18. The molecule has 1 aromatic carbocycles. The van der Waals surface area contributed by atoms with Crippen LogP contribution in [0.4, 0.5) is 5.69 Å². The molecule has 0 saturated heterocycles. The molecule has 1 aromatic heterocycles. The molecule has 0 aliphatic rings. The molecular formula is C18H18ClNO3S. The van der Waals surface area contributed by atoms with Gasteiger partial charge in [-0.3, -0.25) is 4.79 Å². The highest BCUT2D eigenvalue weighted by Crippen LogP contribution is 2.20. The molecule has 0 spiro atoms. The number of hydrogen-bond donors (Lipinski definition) is 1. The van der Waals surface area contributed by atoms with Gasteiger partial charge in [0.1, 0.15) is 0 Å². The number of amides is 1. The second-order valence-electron chi connectivity index (χ2n) is 5.33. The molecule has 0 aliphatic heterocycles. The summed E-state index contributed by atoms with van der Waals surface area (Å²) < 4.78 is 5.13. The van der Waals surface area contributed by atoms with Crippen molar-refractivity contribution in [2.45, 2.75) is 26.9 Å². The number of ether oxygens (including phenoxy) is 1. The van der Waals surface area contributed by atoms with Gasteiger partial charge in [0, 0.05) is 21.7 Å².